The van der Waals surface area contributed by atoms with E-state index in [0.717, 1.165) is 0 Å². The summed E-state index contributed by atoms with van der Waals surface area (Å²) in [6, 6.07) is 7.12. The minimum absolute atomic E-state index is 0.0329. The lowest BCUT2D eigenvalue weighted by atomic mass is 10.2. The molecule has 1 aromatic carbocycles. The minimum atomic E-state index is -0.250. The highest BCUT2D eigenvalue weighted by Crippen LogP contribution is 2.25. The number of benzene rings is 1. The van der Waals surface area contributed by atoms with Crippen LogP contribution in [0, 0.1) is 5.92 Å². The molecule has 1 aromatic rings. The Morgan fingerprint density at radius 2 is 1.71 bits per heavy atom. The molecule has 0 heterocycles. The summed E-state index contributed by atoms with van der Waals surface area (Å²) in [4.78, 5) is 22.9. The van der Waals surface area contributed by atoms with Gasteiger partial charge in [0.2, 0.25) is 5.91 Å². The fourth-order valence-electron chi connectivity index (χ4n) is 1.52. The molecule has 6 nitrogen and oxygen atoms in total. The van der Waals surface area contributed by atoms with E-state index in [1.54, 1.807) is 25.3 Å². The van der Waals surface area contributed by atoms with Gasteiger partial charge < -0.3 is 20.1 Å². The second-order valence-electron chi connectivity index (χ2n) is 4.74. The number of hydrogen-bond donors (Lipinski definition) is 2. The van der Waals surface area contributed by atoms with Crippen LogP contribution >= 0.6 is 0 Å². The summed E-state index contributed by atoms with van der Waals surface area (Å²) < 4.78 is 10.5. The van der Waals surface area contributed by atoms with Gasteiger partial charge in [0, 0.05) is 19.0 Å². The monoisotopic (exact) mass is 294 g/mol. The van der Waals surface area contributed by atoms with Crippen molar-refractivity contribution in [2.75, 3.05) is 26.8 Å². The lowest BCUT2D eigenvalue weighted by Gasteiger charge is -2.11. The zero-order valence-corrected chi connectivity index (χ0v) is 12.6. The number of carbonyl (C=O) groups excluding carboxylic acids is 2. The Bertz CT molecular complexity index is 474. The molecule has 2 N–H and O–H groups in total. The highest BCUT2D eigenvalue weighted by molar-refractivity contribution is 5.78. The van der Waals surface area contributed by atoms with Crippen LogP contribution in [0.4, 0.5) is 0 Å². The van der Waals surface area contributed by atoms with Crippen LogP contribution in [0.15, 0.2) is 24.3 Å². The second kappa shape index (κ2) is 8.84. The molecule has 0 radical (unpaired) electrons. The van der Waals surface area contributed by atoms with Crippen molar-refractivity contribution < 1.29 is 19.1 Å². The van der Waals surface area contributed by atoms with E-state index in [1.807, 2.05) is 19.9 Å². The quantitative estimate of drug-likeness (QED) is 0.700. The first-order chi connectivity index (χ1) is 10.0. The first-order valence-corrected chi connectivity index (χ1v) is 6.84. The molecule has 0 saturated heterocycles. The van der Waals surface area contributed by atoms with Crippen molar-refractivity contribution in [1.82, 2.24) is 10.6 Å². The third-order valence-electron chi connectivity index (χ3n) is 2.70. The predicted molar refractivity (Wildman–Crippen MR) is 79.3 cm³/mol. The maximum atomic E-state index is 11.6. The van der Waals surface area contributed by atoms with Crippen LogP contribution in [0.1, 0.15) is 13.8 Å². The Hall–Kier alpha value is -2.24. The molecule has 6 heteroatoms. The average molecular weight is 294 g/mol. The maximum absolute atomic E-state index is 11.6. The fraction of sp³-hybridized carbons (Fsp3) is 0.467. The normalized spacial score (nSPS) is 10.1. The van der Waals surface area contributed by atoms with E-state index < -0.39 is 0 Å². The van der Waals surface area contributed by atoms with Crippen LogP contribution < -0.4 is 20.1 Å². The SMILES string of the molecule is COc1ccccc1OCC(=O)NCCNC(=O)C(C)C. The number of para-hydroxylation sites is 2. The van der Waals surface area contributed by atoms with E-state index >= 15 is 0 Å². The molecule has 0 atom stereocenters. The van der Waals surface area contributed by atoms with Gasteiger partial charge in [-0.25, -0.2) is 0 Å². The molecule has 0 aliphatic carbocycles. The van der Waals surface area contributed by atoms with Crippen LogP contribution in [-0.2, 0) is 9.59 Å². The van der Waals surface area contributed by atoms with E-state index in [9.17, 15) is 9.59 Å². The molecule has 0 aliphatic rings. The van der Waals surface area contributed by atoms with Crippen molar-refractivity contribution in [3.05, 3.63) is 24.3 Å². The number of ether oxygens (including phenoxy) is 2. The van der Waals surface area contributed by atoms with Crippen LogP contribution in [0.25, 0.3) is 0 Å². The van der Waals surface area contributed by atoms with Gasteiger partial charge in [-0.05, 0) is 12.1 Å². The van der Waals surface area contributed by atoms with Gasteiger partial charge in [0.25, 0.3) is 5.91 Å². The van der Waals surface area contributed by atoms with Crippen molar-refractivity contribution in [2.24, 2.45) is 5.92 Å². The summed E-state index contributed by atoms with van der Waals surface area (Å²) in [5.74, 6) is 0.751. The molecule has 0 unspecified atom stereocenters. The lowest BCUT2D eigenvalue weighted by molar-refractivity contribution is -0.125. The van der Waals surface area contributed by atoms with E-state index in [4.69, 9.17) is 9.47 Å². The van der Waals surface area contributed by atoms with E-state index in [2.05, 4.69) is 10.6 Å². The Labute approximate surface area is 124 Å². The lowest BCUT2D eigenvalue weighted by Crippen LogP contribution is -2.38. The van der Waals surface area contributed by atoms with Crippen LogP contribution in [0.2, 0.25) is 0 Å². The Balaban J connectivity index is 2.24. The van der Waals surface area contributed by atoms with E-state index in [-0.39, 0.29) is 24.3 Å². The topological polar surface area (TPSA) is 76.7 Å². The molecule has 116 valence electrons. The summed E-state index contributed by atoms with van der Waals surface area (Å²) in [5.41, 5.74) is 0. The standard InChI is InChI=1S/C15H22N2O4/c1-11(2)15(19)17-9-8-16-14(18)10-21-13-7-5-4-6-12(13)20-3/h4-7,11H,8-10H2,1-3H3,(H,16,18)(H,17,19). The molecular formula is C15H22N2O4. The van der Waals surface area contributed by atoms with E-state index in [0.29, 0.717) is 24.6 Å². The first kappa shape index (κ1) is 16.8. The molecular weight excluding hydrogens is 272 g/mol. The van der Waals surface area contributed by atoms with Gasteiger partial charge in [-0.2, -0.15) is 0 Å². The largest absolute Gasteiger partial charge is 0.493 e. The summed E-state index contributed by atoms with van der Waals surface area (Å²) in [6.07, 6.45) is 0. The number of carbonyl (C=O) groups is 2. The van der Waals surface area contributed by atoms with Gasteiger partial charge in [-0.3, -0.25) is 9.59 Å². The van der Waals surface area contributed by atoms with Crippen molar-refractivity contribution in [1.29, 1.82) is 0 Å². The number of nitrogens with one attached hydrogen (secondary N) is 2. The van der Waals surface area contributed by atoms with Crippen LogP contribution in [0.5, 0.6) is 11.5 Å². The first-order valence-electron chi connectivity index (χ1n) is 6.84. The van der Waals surface area contributed by atoms with Gasteiger partial charge in [-0.15, -0.1) is 0 Å². The molecule has 0 spiro atoms. The van der Waals surface area contributed by atoms with Crippen molar-refractivity contribution in [3.63, 3.8) is 0 Å². The smallest absolute Gasteiger partial charge is 0.258 e. The Morgan fingerprint density at radius 3 is 2.33 bits per heavy atom. The Morgan fingerprint density at radius 1 is 1.10 bits per heavy atom. The van der Waals surface area contributed by atoms with Crippen molar-refractivity contribution >= 4 is 11.8 Å². The summed E-state index contributed by atoms with van der Waals surface area (Å²) in [5, 5.41) is 5.38. The maximum Gasteiger partial charge on any atom is 0.258 e. The zero-order chi connectivity index (χ0) is 15.7. The molecule has 1 rings (SSSR count). The fourth-order valence-corrected chi connectivity index (χ4v) is 1.52. The molecule has 0 bridgehead atoms. The summed E-state index contributed by atoms with van der Waals surface area (Å²) >= 11 is 0. The van der Waals surface area contributed by atoms with Gasteiger partial charge in [-0.1, -0.05) is 26.0 Å². The van der Waals surface area contributed by atoms with Crippen molar-refractivity contribution in [2.45, 2.75) is 13.8 Å². The second-order valence-corrected chi connectivity index (χ2v) is 4.74. The van der Waals surface area contributed by atoms with Crippen LogP contribution in [-0.4, -0.2) is 38.6 Å². The molecule has 0 aromatic heterocycles. The van der Waals surface area contributed by atoms with Gasteiger partial charge in [0.05, 0.1) is 7.11 Å². The molecule has 0 aliphatic heterocycles. The molecule has 21 heavy (non-hydrogen) atoms. The van der Waals surface area contributed by atoms with E-state index in [1.165, 1.54) is 0 Å². The number of rotatable bonds is 8. The van der Waals surface area contributed by atoms with Gasteiger partial charge in [0.1, 0.15) is 0 Å². The predicted octanol–water partition coefficient (Wildman–Crippen LogP) is 0.962. The summed E-state index contributed by atoms with van der Waals surface area (Å²) in [6.45, 7) is 4.30. The molecule has 2 amide bonds. The number of hydrogen-bond acceptors (Lipinski definition) is 4. The summed E-state index contributed by atoms with van der Waals surface area (Å²) in [7, 11) is 1.54. The number of amides is 2. The minimum Gasteiger partial charge on any atom is -0.493 e. The van der Waals surface area contributed by atoms with Crippen LogP contribution in [0.3, 0.4) is 0 Å². The zero-order valence-electron chi connectivity index (χ0n) is 12.6. The molecule has 0 saturated carbocycles. The van der Waals surface area contributed by atoms with Crippen molar-refractivity contribution in [3.8, 4) is 11.5 Å². The van der Waals surface area contributed by atoms with Gasteiger partial charge >= 0.3 is 0 Å². The third kappa shape index (κ3) is 6.16. The third-order valence-corrected chi connectivity index (χ3v) is 2.70. The highest BCUT2D eigenvalue weighted by atomic mass is 16.5. The average Bonchev–Trinajstić information content (AvgIpc) is 2.49. The van der Waals surface area contributed by atoms with Gasteiger partial charge in [0.15, 0.2) is 18.1 Å². The highest BCUT2D eigenvalue weighted by Gasteiger charge is 2.07. The number of methoxy groups -OCH3 is 1. The Kier molecular flexibility index (Phi) is 7.08. The molecule has 0 fully saturated rings.